The summed E-state index contributed by atoms with van der Waals surface area (Å²) in [4.78, 5) is 11.6. The first kappa shape index (κ1) is 17.1. The van der Waals surface area contributed by atoms with Crippen molar-refractivity contribution in [2.24, 2.45) is 5.92 Å². The summed E-state index contributed by atoms with van der Waals surface area (Å²) in [7, 11) is 0. The molecule has 0 unspecified atom stereocenters. The highest BCUT2D eigenvalue weighted by Gasteiger charge is 2.27. The molecule has 4 N–H and O–H groups in total. The molecule has 1 amide bonds. The minimum atomic E-state index is -4.43. The fourth-order valence-electron chi connectivity index (χ4n) is 1.64. The van der Waals surface area contributed by atoms with Crippen molar-refractivity contribution >= 4 is 17.3 Å². The second-order valence-electron chi connectivity index (χ2n) is 5.21. The highest BCUT2D eigenvalue weighted by molar-refractivity contribution is 5.96. The molecule has 21 heavy (non-hydrogen) atoms. The van der Waals surface area contributed by atoms with E-state index in [-0.39, 0.29) is 5.56 Å². The molecule has 0 aliphatic carbocycles. The lowest BCUT2D eigenvalue weighted by atomic mass is 10.1. The maximum Gasteiger partial charge on any atom is 0.405 e. The fraction of sp³-hybridized carbons (Fsp3) is 0.500. The minimum Gasteiger partial charge on any atom is -0.397 e. The van der Waals surface area contributed by atoms with E-state index in [1.54, 1.807) is 11.4 Å². The summed E-state index contributed by atoms with van der Waals surface area (Å²) in [5, 5.41) is 4.93. The molecule has 1 aromatic carbocycles. The topological polar surface area (TPSA) is 67.2 Å². The Morgan fingerprint density at radius 2 is 2.00 bits per heavy atom. The molecule has 0 saturated carbocycles. The Morgan fingerprint density at radius 1 is 1.33 bits per heavy atom. The van der Waals surface area contributed by atoms with Crippen molar-refractivity contribution in [2.45, 2.75) is 26.4 Å². The maximum absolute atomic E-state index is 12.0. The second-order valence-corrected chi connectivity index (χ2v) is 5.21. The number of anilines is 2. The number of hydrogen-bond donors (Lipinski definition) is 3. The summed E-state index contributed by atoms with van der Waals surface area (Å²) in [6.07, 6.45) is -3.47. The van der Waals surface area contributed by atoms with Crippen LogP contribution in [-0.2, 0) is 0 Å². The second kappa shape index (κ2) is 7.19. The highest BCUT2D eigenvalue weighted by Crippen LogP contribution is 2.20. The SMILES string of the molecule is CC(C)CCNc1ccc(C(=O)NCC(F)(F)F)cc1N. The van der Waals surface area contributed by atoms with Gasteiger partial charge in [0.2, 0.25) is 0 Å². The number of nitrogens with one attached hydrogen (secondary N) is 2. The van der Waals surface area contributed by atoms with Gasteiger partial charge in [0.15, 0.2) is 0 Å². The van der Waals surface area contributed by atoms with Crippen molar-refractivity contribution in [3.05, 3.63) is 23.8 Å². The molecule has 118 valence electrons. The van der Waals surface area contributed by atoms with Crippen molar-refractivity contribution in [3.8, 4) is 0 Å². The zero-order valence-corrected chi connectivity index (χ0v) is 12.1. The Labute approximate surface area is 121 Å². The number of alkyl halides is 3. The fourth-order valence-corrected chi connectivity index (χ4v) is 1.64. The average Bonchev–Trinajstić information content (AvgIpc) is 2.36. The first-order valence-electron chi connectivity index (χ1n) is 6.67. The zero-order chi connectivity index (χ0) is 16.0. The molecule has 1 rings (SSSR count). The van der Waals surface area contributed by atoms with Gasteiger partial charge in [-0.15, -0.1) is 0 Å². The molecule has 1 aromatic rings. The summed E-state index contributed by atoms with van der Waals surface area (Å²) >= 11 is 0. The van der Waals surface area contributed by atoms with Crippen molar-refractivity contribution in [1.29, 1.82) is 0 Å². The van der Waals surface area contributed by atoms with Crippen LogP contribution in [0.5, 0.6) is 0 Å². The van der Waals surface area contributed by atoms with E-state index in [0.717, 1.165) is 13.0 Å². The lowest BCUT2D eigenvalue weighted by Gasteiger charge is -2.12. The van der Waals surface area contributed by atoms with E-state index in [4.69, 9.17) is 5.73 Å². The molecular formula is C14H20F3N3O. The van der Waals surface area contributed by atoms with Gasteiger partial charge in [-0.1, -0.05) is 13.8 Å². The van der Waals surface area contributed by atoms with Crippen LogP contribution in [0.2, 0.25) is 0 Å². The van der Waals surface area contributed by atoms with Gasteiger partial charge in [-0.25, -0.2) is 0 Å². The Bertz CT molecular complexity index is 487. The van der Waals surface area contributed by atoms with Crippen molar-refractivity contribution < 1.29 is 18.0 Å². The standard InChI is InChI=1S/C14H20F3N3O/c1-9(2)5-6-19-12-4-3-10(7-11(12)18)13(21)20-8-14(15,16)17/h3-4,7,9,19H,5-6,8,18H2,1-2H3,(H,20,21). The van der Waals surface area contributed by atoms with Crippen molar-refractivity contribution in [2.75, 3.05) is 24.1 Å². The number of amides is 1. The van der Waals surface area contributed by atoms with Crippen LogP contribution < -0.4 is 16.4 Å². The number of carbonyl (C=O) groups excluding carboxylic acids is 1. The van der Waals surface area contributed by atoms with Crippen LogP contribution in [-0.4, -0.2) is 25.2 Å². The van der Waals surface area contributed by atoms with Crippen LogP contribution in [0.15, 0.2) is 18.2 Å². The molecule has 0 spiro atoms. The Morgan fingerprint density at radius 3 is 2.52 bits per heavy atom. The third-order valence-corrected chi connectivity index (χ3v) is 2.80. The van der Waals surface area contributed by atoms with E-state index in [1.165, 1.54) is 12.1 Å². The highest BCUT2D eigenvalue weighted by atomic mass is 19.4. The van der Waals surface area contributed by atoms with Gasteiger partial charge in [0.1, 0.15) is 6.54 Å². The molecule has 0 aliphatic rings. The third kappa shape index (κ3) is 6.37. The number of hydrogen-bond acceptors (Lipinski definition) is 3. The summed E-state index contributed by atoms with van der Waals surface area (Å²) < 4.78 is 36.1. The first-order chi connectivity index (χ1) is 9.69. The lowest BCUT2D eigenvalue weighted by Crippen LogP contribution is -2.33. The summed E-state index contributed by atoms with van der Waals surface area (Å²) in [6, 6.07) is 4.40. The Hall–Kier alpha value is -1.92. The van der Waals surface area contributed by atoms with Gasteiger partial charge in [0.25, 0.3) is 5.91 Å². The molecule has 0 atom stereocenters. The van der Waals surface area contributed by atoms with Gasteiger partial charge in [0.05, 0.1) is 11.4 Å². The summed E-state index contributed by atoms with van der Waals surface area (Å²) in [5.74, 6) is -0.251. The average molecular weight is 303 g/mol. The third-order valence-electron chi connectivity index (χ3n) is 2.80. The van der Waals surface area contributed by atoms with Gasteiger partial charge in [-0.3, -0.25) is 4.79 Å². The van der Waals surface area contributed by atoms with Gasteiger partial charge >= 0.3 is 6.18 Å². The molecule has 0 radical (unpaired) electrons. The summed E-state index contributed by atoms with van der Waals surface area (Å²) in [6.45, 7) is 3.57. The lowest BCUT2D eigenvalue weighted by molar-refractivity contribution is -0.123. The molecule has 0 saturated heterocycles. The van der Waals surface area contributed by atoms with E-state index in [2.05, 4.69) is 19.2 Å². The minimum absolute atomic E-state index is 0.103. The van der Waals surface area contributed by atoms with Crippen LogP contribution in [0, 0.1) is 5.92 Å². The van der Waals surface area contributed by atoms with Crippen LogP contribution in [0.25, 0.3) is 0 Å². The van der Waals surface area contributed by atoms with Crippen LogP contribution in [0.4, 0.5) is 24.5 Å². The molecule has 7 heteroatoms. The molecule has 0 heterocycles. The van der Waals surface area contributed by atoms with E-state index < -0.39 is 18.6 Å². The predicted octanol–water partition coefficient (Wildman–Crippen LogP) is 3.02. The monoisotopic (exact) mass is 303 g/mol. The molecule has 0 fully saturated rings. The van der Waals surface area contributed by atoms with E-state index >= 15 is 0 Å². The van der Waals surface area contributed by atoms with Gasteiger partial charge in [0, 0.05) is 12.1 Å². The molecule has 0 aliphatic heterocycles. The maximum atomic E-state index is 12.0. The van der Waals surface area contributed by atoms with E-state index in [9.17, 15) is 18.0 Å². The van der Waals surface area contributed by atoms with Crippen molar-refractivity contribution in [3.63, 3.8) is 0 Å². The van der Waals surface area contributed by atoms with Crippen LogP contribution in [0.3, 0.4) is 0 Å². The van der Waals surface area contributed by atoms with Gasteiger partial charge < -0.3 is 16.4 Å². The molecular weight excluding hydrogens is 283 g/mol. The summed E-state index contributed by atoms with van der Waals surface area (Å²) in [5.41, 5.74) is 6.90. The quantitative estimate of drug-likeness (QED) is 0.708. The molecule has 0 bridgehead atoms. The van der Waals surface area contributed by atoms with Crippen LogP contribution in [0.1, 0.15) is 30.6 Å². The number of rotatable bonds is 6. The zero-order valence-electron chi connectivity index (χ0n) is 12.1. The predicted molar refractivity (Wildman–Crippen MR) is 77.2 cm³/mol. The number of carbonyl (C=O) groups is 1. The number of nitrogen functional groups attached to an aromatic ring is 1. The molecule has 4 nitrogen and oxygen atoms in total. The van der Waals surface area contributed by atoms with E-state index in [1.807, 2.05) is 0 Å². The normalized spacial score (nSPS) is 11.5. The van der Waals surface area contributed by atoms with Crippen molar-refractivity contribution in [1.82, 2.24) is 5.32 Å². The van der Waals surface area contributed by atoms with Crippen LogP contribution >= 0.6 is 0 Å². The van der Waals surface area contributed by atoms with Gasteiger partial charge in [-0.2, -0.15) is 13.2 Å². The Kier molecular flexibility index (Phi) is 5.87. The number of halogens is 3. The number of nitrogens with two attached hydrogens (primary N) is 1. The Balaban J connectivity index is 2.62. The van der Waals surface area contributed by atoms with Gasteiger partial charge in [-0.05, 0) is 30.5 Å². The largest absolute Gasteiger partial charge is 0.405 e. The smallest absolute Gasteiger partial charge is 0.397 e. The van der Waals surface area contributed by atoms with E-state index in [0.29, 0.717) is 17.3 Å². The number of benzene rings is 1. The molecule has 0 aromatic heterocycles. The first-order valence-corrected chi connectivity index (χ1v) is 6.67.